The Bertz CT molecular complexity index is 219. The van der Waals surface area contributed by atoms with Gasteiger partial charge in [-0.3, -0.25) is 0 Å². The minimum Gasteiger partial charge on any atom is -0.489 e. The van der Waals surface area contributed by atoms with Crippen LogP contribution in [0.15, 0.2) is 12.1 Å². The highest BCUT2D eigenvalue weighted by Gasteiger charge is 2.26. The number of likely N-dealkylation sites (tertiary alicyclic amines) is 1. The molecule has 1 saturated heterocycles. The maximum atomic E-state index is 9.38. The molecule has 4 nitrogen and oxygen atoms in total. The summed E-state index contributed by atoms with van der Waals surface area (Å²) in [6.45, 7) is 2.95. The van der Waals surface area contributed by atoms with E-state index in [0.717, 1.165) is 32.0 Å². The van der Waals surface area contributed by atoms with Crippen molar-refractivity contribution in [3.05, 3.63) is 17.1 Å². The van der Waals surface area contributed by atoms with E-state index in [1.54, 1.807) is 0 Å². The minimum absolute atomic E-state index is 0.0712. The normalized spacial score (nSPS) is 24.2. The van der Waals surface area contributed by atoms with Crippen LogP contribution in [0.4, 0.5) is 0 Å². The lowest BCUT2D eigenvalue weighted by atomic mass is 10.2. The molecular weight excluding hydrogens is 154 g/mol. The van der Waals surface area contributed by atoms with E-state index in [2.05, 4.69) is 11.9 Å². The van der Waals surface area contributed by atoms with Crippen LogP contribution in [0.25, 0.3) is 4.98 Å². The van der Waals surface area contributed by atoms with Gasteiger partial charge in [-0.1, -0.05) is 6.92 Å². The molecule has 0 aromatic carbocycles. The Morgan fingerprint density at radius 1 is 1.83 bits per heavy atom. The molecule has 0 bridgehead atoms. The molecule has 1 heterocycles. The van der Waals surface area contributed by atoms with Crippen LogP contribution < -0.4 is 0 Å². The van der Waals surface area contributed by atoms with Crippen LogP contribution in [0.5, 0.6) is 0 Å². The van der Waals surface area contributed by atoms with Crippen LogP contribution in [0.1, 0.15) is 26.2 Å². The number of rotatable bonds is 2. The van der Waals surface area contributed by atoms with Crippen LogP contribution >= 0.6 is 0 Å². The topological polar surface area (TPSA) is 51.6 Å². The largest absolute Gasteiger partial charge is 0.489 e. The van der Waals surface area contributed by atoms with Crippen molar-refractivity contribution in [1.82, 2.24) is 4.90 Å². The molecule has 1 atom stereocenters. The van der Waals surface area contributed by atoms with Crippen molar-refractivity contribution >= 4 is 0 Å². The SMILES string of the molecule is CC[C@@H]1CCCN1/C(O)=C\[N+]#N. The molecule has 1 N–H and O–H groups in total. The van der Waals surface area contributed by atoms with E-state index >= 15 is 0 Å². The van der Waals surface area contributed by atoms with E-state index in [9.17, 15) is 5.11 Å². The van der Waals surface area contributed by atoms with Gasteiger partial charge in [-0.05, 0) is 19.3 Å². The number of hydrogen-bond donors (Lipinski definition) is 1. The molecular formula is C8H14N3O+. The van der Waals surface area contributed by atoms with E-state index in [4.69, 9.17) is 5.39 Å². The lowest BCUT2D eigenvalue weighted by Crippen LogP contribution is -2.27. The summed E-state index contributed by atoms with van der Waals surface area (Å²) < 4.78 is 0. The van der Waals surface area contributed by atoms with Crippen molar-refractivity contribution in [2.45, 2.75) is 32.2 Å². The first-order valence-corrected chi connectivity index (χ1v) is 4.29. The van der Waals surface area contributed by atoms with Crippen LogP contribution in [-0.4, -0.2) is 22.6 Å². The third kappa shape index (κ3) is 1.67. The van der Waals surface area contributed by atoms with Crippen LogP contribution in [0.2, 0.25) is 0 Å². The van der Waals surface area contributed by atoms with Gasteiger partial charge in [0.15, 0.2) is 4.98 Å². The van der Waals surface area contributed by atoms with Crippen LogP contribution in [0.3, 0.4) is 0 Å². The zero-order chi connectivity index (χ0) is 8.97. The van der Waals surface area contributed by atoms with Gasteiger partial charge in [0.2, 0.25) is 5.39 Å². The van der Waals surface area contributed by atoms with Crippen molar-refractivity contribution in [1.29, 1.82) is 5.39 Å². The summed E-state index contributed by atoms with van der Waals surface area (Å²) >= 11 is 0. The zero-order valence-electron chi connectivity index (χ0n) is 7.27. The Balaban J connectivity index is 2.62. The van der Waals surface area contributed by atoms with Crippen molar-refractivity contribution in [3.8, 4) is 0 Å². The molecule has 0 radical (unpaired) electrons. The third-order valence-corrected chi connectivity index (χ3v) is 2.32. The quantitative estimate of drug-likeness (QED) is 0.507. The van der Waals surface area contributed by atoms with Crippen molar-refractivity contribution < 1.29 is 5.11 Å². The molecule has 66 valence electrons. The van der Waals surface area contributed by atoms with Gasteiger partial charge in [0.05, 0.1) is 0 Å². The Morgan fingerprint density at radius 2 is 2.58 bits per heavy atom. The predicted octanol–water partition coefficient (Wildman–Crippen LogP) is 2.07. The number of hydrogen-bond acceptors (Lipinski definition) is 3. The highest BCUT2D eigenvalue weighted by molar-refractivity contribution is 4.99. The summed E-state index contributed by atoms with van der Waals surface area (Å²) in [7, 11) is 0. The van der Waals surface area contributed by atoms with Crippen molar-refractivity contribution in [2.24, 2.45) is 0 Å². The number of aliphatic hydroxyl groups is 1. The van der Waals surface area contributed by atoms with Gasteiger partial charge in [-0.25, -0.2) is 0 Å². The fourth-order valence-electron chi connectivity index (χ4n) is 1.69. The molecule has 12 heavy (non-hydrogen) atoms. The lowest BCUT2D eigenvalue weighted by molar-refractivity contribution is 0.185. The number of diazo groups is 1. The number of aliphatic hydroxyl groups excluding tert-OH is 1. The first-order valence-electron chi connectivity index (χ1n) is 4.29. The predicted molar refractivity (Wildman–Crippen MR) is 45.8 cm³/mol. The molecule has 1 aliphatic heterocycles. The van der Waals surface area contributed by atoms with Gasteiger partial charge in [-0.15, -0.1) is 0 Å². The average molecular weight is 168 g/mol. The monoisotopic (exact) mass is 168 g/mol. The Hall–Kier alpha value is -1.24. The molecule has 0 aliphatic carbocycles. The number of nitrogens with zero attached hydrogens (tertiary/aromatic N) is 3. The highest BCUT2D eigenvalue weighted by Crippen LogP contribution is 2.22. The van der Waals surface area contributed by atoms with Gasteiger partial charge in [0.1, 0.15) is 0 Å². The van der Waals surface area contributed by atoms with E-state index in [-0.39, 0.29) is 5.88 Å². The summed E-state index contributed by atoms with van der Waals surface area (Å²) in [6.07, 6.45) is 4.30. The maximum absolute atomic E-state index is 9.38. The van der Waals surface area contributed by atoms with E-state index in [1.807, 2.05) is 4.90 Å². The molecule has 0 unspecified atom stereocenters. The van der Waals surface area contributed by atoms with Crippen molar-refractivity contribution in [3.63, 3.8) is 0 Å². The second kappa shape index (κ2) is 3.96. The second-order valence-electron chi connectivity index (χ2n) is 3.00. The maximum Gasteiger partial charge on any atom is 0.409 e. The summed E-state index contributed by atoms with van der Waals surface area (Å²) in [4.78, 5) is 4.67. The highest BCUT2D eigenvalue weighted by atomic mass is 16.3. The van der Waals surface area contributed by atoms with Crippen molar-refractivity contribution in [2.75, 3.05) is 6.54 Å². The fourth-order valence-corrected chi connectivity index (χ4v) is 1.69. The lowest BCUT2D eigenvalue weighted by Gasteiger charge is -2.21. The molecule has 1 aliphatic rings. The molecule has 0 spiro atoms. The first kappa shape index (κ1) is 8.85. The Labute approximate surface area is 72.1 Å². The van der Waals surface area contributed by atoms with Gasteiger partial charge in [0, 0.05) is 12.6 Å². The fraction of sp³-hybridized carbons (Fsp3) is 0.750. The molecule has 0 aromatic heterocycles. The van der Waals surface area contributed by atoms with Gasteiger partial charge in [0.25, 0.3) is 5.88 Å². The third-order valence-electron chi connectivity index (χ3n) is 2.32. The molecule has 0 amide bonds. The van der Waals surface area contributed by atoms with E-state index < -0.39 is 0 Å². The van der Waals surface area contributed by atoms with E-state index in [0.29, 0.717) is 6.04 Å². The van der Waals surface area contributed by atoms with E-state index in [1.165, 1.54) is 0 Å². The summed E-state index contributed by atoms with van der Waals surface area (Å²) in [5, 5.41) is 17.6. The molecule has 1 fully saturated rings. The molecule has 4 heteroatoms. The molecule has 1 rings (SSSR count). The molecule has 0 aromatic rings. The van der Waals surface area contributed by atoms with Gasteiger partial charge < -0.3 is 10.0 Å². The summed E-state index contributed by atoms with van der Waals surface area (Å²) in [5.74, 6) is 0.0712. The van der Waals surface area contributed by atoms with Gasteiger partial charge in [-0.2, -0.15) is 0 Å². The second-order valence-corrected chi connectivity index (χ2v) is 3.00. The smallest absolute Gasteiger partial charge is 0.409 e. The first-order chi connectivity index (χ1) is 5.79. The Kier molecular flexibility index (Phi) is 2.92. The Morgan fingerprint density at radius 3 is 3.17 bits per heavy atom. The standard InChI is InChI=1S/C8H13N3O/c1-2-7-4-3-5-11(7)8(12)6-10-9/h6-7H,2-5H2,1H3/p+1/b8-6+/t7-/m1/s1. The summed E-state index contributed by atoms with van der Waals surface area (Å²) in [6, 6.07) is 0.406. The minimum atomic E-state index is 0.0712. The molecule has 0 saturated carbocycles. The summed E-state index contributed by atoms with van der Waals surface area (Å²) in [5.41, 5.74) is 0. The van der Waals surface area contributed by atoms with Gasteiger partial charge >= 0.3 is 6.20 Å². The van der Waals surface area contributed by atoms with Crippen LogP contribution in [-0.2, 0) is 0 Å². The average Bonchev–Trinajstić information content (AvgIpc) is 2.51. The zero-order valence-corrected chi connectivity index (χ0v) is 7.27. The van der Waals surface area contributed by atoms with Crippen LogP contribution in [0, 0.1) is 5.39 Å².